The Labute approximate surface area is 123 Å². The second-order valence-electron chi connectivity index (χ2n) is 5.26. The van der Waals surface area contributed by atoms with Crippen molar-refractivity contribution in [2.24, 2.45) is 0 Å². The molecule has 3 aromatic rings. The van der Waals surface area contributed by atoms with Crippen molar-refractivity contribution in [1.29, 1.82) is 0 Å². The van der Waals surface area contributed by atoms with E-state index in [1.54, 1.807) is 0 Å². The van der Waals surface area contributed by atoms with Crippen molar-refractivity contribution in [3.05, 3.63) is 48.9 Å². The van der Waals surface area contributed by atoms with Gasteiger partial charge in [-0.3, -0.25) is 4.98 Å². The minimum Gasteiger partial charge on any atom is -0.353 e. The Hall–Kier alpha value is -2.40. The maximum absolute atomic E-state index is 4.72. The highest BCUT2D eigenvalue weighted by Crippen LogP contribution is 2.22. The molecule has 0 amide bonds. The molecule has 4 heterocycles. The molecule has 0 bridgehead atoms. The topological polar surface area (TPSA) is 45.5 Å². The number of rotatable bonds is 2. The highest BCUT2D eigenvalue weighted by atomic mass is 15.3. The van der Waals surface area contributed by atoms with E-state index < -0.39 is 0 Å². The maximum atomic E-state index is 4.72. The lowest BCUT2D eigenvalue weighted by Crippen LogP contribution is -2.43. The third-order valence-corrected chi connectivity index (χ3v) is 3.90. The van der Waals surface area contributed by atoms with E-state index in [1.165, 1.54) is 0 Å². The van der Waals surface area contributed by atoms with Crippen molar-refractivity contribution in [1.82, 2.24) is 19.9 Å². The molecule has 1 aliphatic rings. The smallest absolute Gasteiger partial charge is 0.151 e. The van der Waals surface area contributed by atoms with Crippen molar-refractivity contribution >= 4 is 11.3 Å². The van der Waals surface area contributed by atoms with Crippen molar-refractivity contribution in [3.63, 3.8) is 0 Å². The van der Waals surface area contributed by atoms with Crippen LogP contribution in [0.5, 0.6) is 0 Å². The molecule has 0 aliphatic carbocycles. The number of nitrogens with one attached hydrogen (secondary N) is 1. The zero-order valence-corrected chi connectivity index (χ0v) is 11.7. The SMILES string of the molecule is c1cc(-c2ccc3cc(N4CCNCC4)nn3c2)ccn1. The molecular formula is C16H17N5. The van der Waals surface area contributed by atoms with Gasteiger partial charge in [0, 0.05) is 56.4 Å². The predicted molar refractivity (Wildman–Crippen MR) is 83.5 cm³/mol. The zero-order chi connectivity index (χ0) is 14.1. The zero-order valence-electron chi connectivity index (χ0n) is 11.7. The summed E-state index contributed by atoms with van der Waals surface area (Å²) in [5.41, 5.74) is 3.44. The maximum Gasteiger partial charge on any atom is 0.151 e. The van der Waals surface area contributed by atoms with E-state index in [0.717, 1.165) is 48.6 Å². The van der Waals surface area contributed by atoms with Gasteiger partial charge in [0.1, 0.15) is 0 Å². The van der Waals surface area contributed by atoms with Crippen LogP contribution in [-0.4, -0.2) is 40.8 Å². The lowest BCUT2D eigenvalue weighted by Gasteiger charge is -2.26. The number of fused-ring (bicyclic) bond motifs is 1. The van der Waals surface area contributed by atoms with Crippen LogP contribution in [0.15, 0.2) is 48.9 Å². The summed E-state index contributed by atoms with van der Waals surface area (Å²) in [5.74, 6) is 1.06. The van der Waals surface area contributed by atoms with Crippen molar-refractivity contribution in [3.8, 4) is 11.1 Å². The normalized spacial score (nSPS) is 15.5. The molecule has 106 valence electrons. The summed E-state index contributed by atoms with van der Waals surface area (Å²) in [5, 5.41) is 8.09. The Bertz CT molecular complexity index is 744. The summed E-state index contributed by atoms with van der Waals surface area (Å²) in [6.45, 7) is 4.08. The largest absolute Gasteiger partial charge is 0.353 e. The Balaban J connectivity index is 1.71. The molecule has 5 heteroatoms. The molecule has 1 saturated heterocycles. The minimum absolute atomic E-state index is 1.01. The monoisotopic (exact) mass is 279 g/mol. The van der Waals surface area contributed by atoms with Crippen LogP contribution in [0.2, 0.25) is 0 Å². The number of anilines is 1. The quantitative estimate of drug-likeness (QED) is 0.777. The van der Waals surface area contributed by atoms with Crippen LogP contribution in [0, 0.1) is 0 Å². The number of piperazine rings is 1. The molecule has 0 unspecified atom stereocenters. The van der Waals surface area contributed by atoms with Gasteiger partial charge in [-0.05, 0) is 23.8 Å². The van der Waals surface area contributed by atoms with Gasteiger partial charge in [0.15, 0.2) is 5.82 Å². The van der Waals surface area contributed by atoms with Crippen molar-refractivity contribution in [2.45, 2.75) is 0 Å². The van der Waals surface area contributed by atoms with Crippen LogP contribution in [0.3, 0.4) is 0 Å². The van der Waals surface area contributed by atoms with Gasteiger partial charge in [0.05, 0.1) is 5.52 Å². The molecule has 0 spiro atoms. The fraction of sp³-hybridized carbons (Fsp3) is 0.250. The first-order chi connectivity index (χ1) is 10.4. The molecule has 1 N–H and O–H groups in total. The van der Waals surface area contributed by atoms with Gasteiger partial charge in [-0.1, -0.05) is 6.07 Å². The summed E-state index contributed by atoms with van der Waals surface area (Å²) in [7, 11) is 0. The second kappa shape index (κ2) is 5.18. The first kappa shape index (κ1) is 12.3. The van der Waals surface area contributed by atoms with Crippen LogP contribution in [0.4, 0.5) is 5.82 Å². The van der Waals surface area contributed by atoms with Gasteiger partial charge >= 0.3 is 0 Å². The van der Waals surface area contributed by atoms with Gasteiger partial charge in [-0.25, -0.2) is 4.52 Å². The molecule has 0 aromatic carbocycles. The van der Waals surface area contributed by atoms with Gasteiger partial charge < -0.3 is 10.2 Å². The lowest BCUT2D eigenvalue weighted by atomic mass is 10.1. The molecule has 3 aromatic heterocycles. The number of pyridine rings is 2. The van der Waals surface area contributed by atoms with Crippen LogP contribution in [0.1, 0.15) is 0 Å². The number of hydrogen-bond donors (Lipinski definition) is 1. The fourth-order valence-electron chi connectivity index (χ4n) is 2.74. The van der Waals surface area contributed by atoms with E-state index in [-0.39, 0.29) is 0 Å². The molecule has 5 nitrogen and oxygen atoms in total. The Morgan fingerprint density at radius 2 is 1.76 bits per heavy atom. The minimum atomic E-state index is 1.01. The summed E-state index contributed by atoms with van der Waals surface area (Å²) >= 11 is 0. The average Bonchev–Trinajstić information content (AvgIpc) is 2.99. The van der Waals surface area contributed by atoms with E-state index in [2.05, 4.69) is 39.6 Å². The molecule has 0 saturated carbocycles. The van der Waals surface area contributed by atoms with Crippen molar-refractivity contribution in [2.75, 3.05) is 31.1 Å². The fourth-order valence-corrected chi connectivity index (χ4v) is 2.74. The average molecular weight is 279 g/mol. The highest BCUT2D eigenvalue weighted by Gasteiger charge is 2.13. The highest BCUT2D eigenvalue weighted by molar-refractivity contribution is 5.66. The number of nitrogens with zero attached hydrogens (tertiary/aromatic N) is 4. The molecule has 1 aliphatic heterocycles. The predicted octanol–water partition coefficient (Wildman–Crippen LogP) is 1.81. The van der Waals surface area contributed by atoms with Gasteiger partial charge in [0.25, 0.3) is 0 Å². The molecule has 0 radical (unpaired) electrons. The van der Waals surface area contributed by atoms with E-state index >= 15 is 0 Å². The lowest BCUT2D eigenvalue weighted by molar-refractivity contribution is 0.583. The third-order valence-electron chi connectivity index (χ3n) is 3.90. The van der Waals surface area contributed by atoms with Crippen molar-refractivity contribution < 1.29 is 0 Å². The number of hydrogen-bond acceptors (Lipinski definition) is 4. The van der Waals surface area contributed by atoms with Crippen LogP contribution >= 0.6 is 0 Å². The molecule has 1 fully saturated rings. The first-order valence-electron chi connectivity index (χ1n) is 7.26. The van der Waals surface area contributed by atoms with Gasteiger partial charge in [0.2, 0.25) is 0 Å². The molecule has 21 heavy (non-hydrogen) atoms. The second-order valence-corrected chi connectivity index (χ2v) is 5.26. The summed E-state index contributed by atoms with van der Waals surface area (Å²) in [6, 6.07) is 10.4. The number of aromatic nitrogens is 3. The van der Waals surface area contributed by atoms with Crippen LogP contribution in [0.25, 0.3) is 16.6 Å². The van der Waals surface area contributed by atoms with E-state index in [1.807, 2.05) is 29.0 Å². The molecule has 0 atom stereocenters. The Morgan fingerprint density at radius 1 is 0.952 bits per heavy atom. The summed E-state index contributed by atoms with van der Waals surface area (Å²) in [4.78, 5) is 6.39. The first-order valence-corrected chi connectivity index (χ1v) is 7.26. The third kappa shape index (κ3) is 2.36. The standard InChI is InChI=1S/C16H17N5/c1-2-15-11-16(20-9-7-18-8-10-20)19-21(15)12-14(1)13-3-5-17-6-4-13/h1-6,11-12,18H,7-10H2. The van der Waals surface area contributed by atoms with Crippen LogP contribution < -0.4 is 10.2 Å². The van der Waals surface area contributed by atoms with Gasteiger partial charge in [-0.2, -0.15) is 5.10 Å². The van der Waals surface area contributed by atoms with E-state index in [4.69, 9.17) is 5.10 Å². The summed E-state index contributed by atoms with van der Waals surface area (Å²) < 4.78 is 1.97. The molecular weight excluding hydrogens is 262 g/mol. The van der Waals surface area contributed by atoms with E-state index in [0.29, 0.717) is 0 Å². The van der Waals surface area contributed by atoms with Crippen LogP contribution in [-0.2, 0) is 0 Å². The summed E-state index contributed by atoms with van der Waals surface area (Å²) in [6.07, 6.45) is 5.71. The Kier molecular flexibility index (Phi) is 3.05. The Morgan fingerprint density at radius 3 is 2.57 bits per heavy atom. The molecule has 4 rings (SSSR count). The van der Waals surface area contributed by atoms with E-state index in [9.17, 15) is 0 Å². The van der Waals surface area contributed by atoms with Gasteiger partial charge in [-0.15, -0.1) is 0 Å².